The smallest absolute Gasteiger partial charge is 0.273 e. The third-order valence-electron chi connectivity index (χ3n) is 5.71. The molecule has 0 spiro atoms. The van der Waals surface area contributed by atoms with Gasteiger partial charge in [-0.1, -0.05) is 32.0 Å². The number of carbonyl (C=O) groups is 1. The lowest BCUT2D eigenvalue weighted by Gasteiger charge is -2.39. The van der Waals surface area contributed by atoms with E-state index >= 15 is 0 Å². The highest BCUT2D eigenvalue weighted by molar-refractivity contribution is 5.94. The molecule has 1 aliphatic rings. The molecule has 2 aromatic rings. The van der Waals surface area contributed by atoms with Crippen LogP contribution < -0.4 is 9.64 Å². The largest absolute Gasteiger partial charge is 0.497 e. The first-order valence-electron chi connectivity index (χ1n) is 10.8. The second-order valence-corrected chi connectivity index (χ2v) is 8.45. The van der Waals surface area contributed by atoms with E-state index in [2.05, 4.69) is 18.7 Å². The van der Waals surface area contributed by atoms with Gasteiger partial charge in [-0.2, -0.15) is 0 Å². The Morgan fingerprint density at radius 1 is 1.16 bits per heavy atom. The first-order valence-corrected chi connectivity index (χ1v) is 10.8. The fourth-order valence-electron chi connectivity index (χ4n) is 4.15. The Hall–Kier alpha value is -2.93. The molecule has 1 heterocycles. The minimum absolute atomic E-state index is 0.113. The van der Waals surface area contributed by atoms with E-state index in [-0.39, 0.29) is 28.5 Å². The zero-order valence-corrected chi connectivity index (χ0v) is 18.5. The normalized spacial score (nSPS) is 15.1. The van der Waals surface area contributed by atoms with E-state index in [9.17, 15) is 14.9 Å². The third kappa shape index (κ3) is 5.82. The van der Waals surface area contributed by atoms with Gasteiger partial charge in [0.15, 0.2) is 0 Å². The van der Waals surface area contributed by atoms with Gasteiger partial charge in [-0.15, -0.1) is 0 Å². The number of nitro groups is 1. The van der Waals surface area contributed by atoms with Crippen molar-refractivity contribution in [1.29, 1.82) is 0 Å². The molecule has 0 unspecified atom stereocenters. The molecular formula is C24H31N3O4. The van der Waals surface area contributed by atoms with E-state index in [1.165, 1.54) is 0 Å². The van der Waals surface area contributed by atoms with Crippen molar-refractivity contribution in [2.75, 3.05) is 25.1 Å². The number of hydrogen-bond donors (Lipinski definition) is 0. The molecule has 31 heavy (non-hydrogen) atoms. The summed E-state index contributed by atoms with van der Waals surface area (Å²) in [6.45, 7) is 6.24. The molecule has 0 bridgehead atoms. The van der Waals surface area contributed by atoms with Gasteiger partial charge in [-0.05, 0) is 43.0 Å². The molecule has 2 aromatic carbocycles. The third-order valence-corrected chi connectivity index (χ3v) is 5.71. The summed E-state index contributed by atoms with van der Waals surface area (Å²) in [6, 6.07) is 14.7. The molecule has 0 aromatic heterocycles. The molecule has 7 nitrogen and oxygen atoms in total. The number of nitro benzene ring substituents is 1. The van der Waals surface area contributed by atoms with Gasteiger partial charge >= 0.3 is 0 Å². The predicted molar refractivity (Wildman–Crippen MR) is 121 cm³/mol. The number of ether oxygens (including phenoxy) is 1. The average molecular weight is 426 g/mol. The quantitative estimate of drug-likeness (QED) is 0.455. The summed E-state index contributed by atoms with van der Waals surface area (Å²) in [7, 11) is 1.63. The maximum Gasteiger partial charge on any atom is 0.273 e. The Morgan fingerprint density at radius 3 is 2.39 bits per heavy atom. The molecule has 166 valence electrons. The molecule has 1 amide bonds. The minimum atomic E-state index is -0.321. The van der Waals surface area contributed by atoms with Crippen LogP contribution in [0.15, 0.2) is 48.5 Å². The highest BCUT2D eigenvalue weighted by Gasteiger charge is 2.30. The van der Waals surface area contributed by atoms with Gasteiger partial charge in [0.2, 0.25) is 5.91 Å². The van der Waals surface area contributed by atoms with E-state index in [1.807, 2.05) is 41.3 Å². The van der Waals surface area contributed by atoms with Crippen LogP contribution in [-0.4, -0.2) is 42.0 Å². The molecule has 1 fully saturated rings. The molecule has 3 rings (SSSR count). The molecular weight excluding hydrogens is 394 g/mol. The van der Waals surface area contributed by atoms with Crippen LogP contribution in [0.4, 0.5) is 11.4 Å². The van der Waals surface area contributed by atoms with E-state index < -0.39 is 0 Å². The summed E-state index contributed by atoms with van der Waals surface area (Å²) in [5, 5.41) is 11.3. The van der Waals surface area contributed by atoms with Crippen molar-refractivity contribution in [3.05, 3.63) is 64.2 Å². The number of methoxy groups -OCH3 is 1. The van der Waals surface area contributed by atoms with Crippen LogP contribution in [0.5, 0.6) is 5.75 Å². The van der Waals surface area contributed by atoms with Gasteiger partial charge in [0, 0.05) is 49.4 Å². The van der Waals surface area contributed by atoms with Crippen LogP contribution in [0.1, 0.15) is 38.7 Å². The lowest BCUT2D eigenvalue weighted by molar-refractivity contribution is -0.385. The molecule has 1 aliphatic heterocycles. The number of benzene rings is 2. The molecule has 0 atom stereocenters. The maximum absolute atomic E-state index is 13.1. The SMILES string of the molecule is COc1ccc(N(C(=O)CC(C)C)C2CCN(Cc3ccccc3[N+](=O)[O-])CC2)cc1. The number of para-hydroxylation sites is 1. The standard InChI is InChI=1S/C24H31N3O4/c1-18(2)16-24(28)26(20-8-10-22(31-3)11-9-20)21-12-14-25(15-13-21)17-19-6-4-5-7-23(19)27(29)30/h4-11,18,21H,12-17H2,1-3H3. The lowest BCUT2D eigenvalue weighted by Crippen LogP contribution is -2.47. The second kappa shape index (κ2) is 10.4. The van der Waals surface area contributed by atoms with Gasteiger partial charge in [0.25, 0.3) is 5.69 Å². The van der Waals surface area contributed by atoms with Crippen molar-refractivity contribution in [3.8, 4) is 5.75 Å². The van der Waals surface area contributed by atoms with Crippen molar-refractivity contribution in [2.45, 2.75) is 45.7 Å². The number of carbonyl (C=O) groups excluding carboxylic acids is 1. The topological polar surface area (TPSA) is 75.9 Å². The monoisotopic (exact) mass is 425 g/mol. The van der Waals surface area contributed by atoms with Crippen molar-refractivity contribution < 1.29 is 14.5 Å². The molecule has 0 N–H and O–H groups in total. The summed E-state index contributed by atoms with van der Waals surface area (Å²) in [5.41, 5.74) is 1.79. The maximum atomic E-state index is 13.1. The van der Waals surface area contributed by atoms with Crippen molar-refractivity contribution in [3.63, 3.8) is 0 Å². The second-order valence-electron chi connectivity index (χ2n) is 8.45. The Bertz CT molecular complexity index is 890. The van der Waals surface area contributed by atoms with Crippen LogP contribution in [0, 0.1) is 16.0 Å². The zero-order chi connectivity index (χ0) is 22.4. The first-order chi connectivity index (χ1) is 14.9. The zero-order valence-electron chi connectivity index (χ0n) is 18.5. The van der Waals surface area contributed by atoms with Crippen molar-refractivity contribution in [2.24, 2.45) is 5.92 Å². The number of nitrogens with zero attached hydrogens (tertiary/aromatic N) is 3. The van der Waals surface area contributed by atoms with Crippen LogP contribution in [0.25, 0.3) is 0 Å². The summed E-state index contributed by atoms with van der Waals surface area (Å²) >= 11 is 0. The van der Waals surface area contributed by atoms with Crippen LogP contribution in [-0.2, 0) is 11.3 Å². The average Bonchev–Trinajstić information content (AvgIpc) is 2.75. The highest BCUT2D eigenvalue weighted by Crippen LogP contribution is 2.28. The minimum Gasteiger partial charge on any atom is -0.497 e. The number of likely N-dealkylation sites (tertiary alicyclic amines) is 1. The van der Waals surface area contributed by atoms with E-state index in [0.29, 0.717) is 13.0 Å². The number of rotatable bonds is 8. The Kier molecular flexibility index (Phi) is 7.63. The Balaban J connectivity index is 1.71. The molecule has 0 aliphatic carbocycles. The van der Waals surface area contributed by atoms with Crippen LogP contribution >= 0.6 is 0 Å². The van der Waals surface area contributed by atoms with Gasteiger partial charge in [0.1, 0.15) is 5.75 Å². The van der Waals surface area contributed by atoms with Gasteiger partial charge in [-0.25, -0.2) is 0 Å². The summed E-state index contributed by atoms with van der Waals surface area (Å²) in [6.07, 6.45) is 2.16. The fourth-order valence-corrected chi connectivity index (χ4v) is 4.15. The molecule has 7 heteroatoms. The van der Waals surface area contributed by atoms with Crippen LogP contribution in [0.2, 0.25) is 0 Å². The number of piperidine rings is 1. The highest BCUT2D eigenvalue weighted by atomic mass is 16.6. The number of hydrogen-bond acceptors (Lipinski definition) is 5. The Labute approximate surface area is 183 Å². The van der Waals surface area contributed by atoms with Gasteiger partial charge in [0.05, 0.1) is 12.0 Å². The van der Waals surface area contributed by atoms with E-state index in [4.69, 9.17) is 4.74 Å². The van der Waals surface area contributed by atoms with Crippen LogP contribution in [0.3, 0.4) is 0 Å². The summed E-state index contributed by atoms with van der Waals surface area (Å²) in [5.74, 6) is 1.18. The predicted octanol–water partition coefficient (Wildman–Crippen LogP) is 4.65. The Morgan fingerprint density at radius 2 is 1.81 bits per heavy atom. The molecule has 1 saturated heterocycles. The first kappa shape index (κ1) is 22.7. The molecule has 0 radical (unpaired) electrons. The van der Waals surface area contributed by atoms with Crippen molar-refractivity contribution in [1.82, 2.24) is 4.90 Å². The molecule has 0 saturated carbocycles. The summed E-state index contributed by atoms with van der Waals surface area (Å²) < 4.78 is 5.26. The van der Waals surface area contributed by atoms with Crippen molar-refractivity contribution >= 4 is 17.3 Å². The van der Waals surface area contributed by atoms with E-state index in [0.717, 1.165) is 42.9 Å². The van der Waals surface area contributed by atoms with Gasteiger partial charge in [-0.3, -0.25) is 19.8 Å². The lowest BCUT2D eigenvalue weighted by atomic mass is 9.99. The number of anilines is 1. The van der Waals surface area contributed by atoms with E-state index in [1.54, 1.807) is 19.2 Å². The number of amides is 1. The fraction of sp³-hybridized carbons (Fsp3) is 0.458. The van der Waals surface area contributed by atoms with Gasteiger partial charge < -0.3 is 9.64 Å². The summed E-state index contributed by atoms with van der Waals surface area (Å²) in [4.78, 5) is 28.3.